The summed E-state index contributed by atoms with van der Waals surface area (Å²) in [5.41, 5.74) is 1.10. The van der Waals surface area contributed by atoms with Crippen LogP contribution in [0, 0.1) is 6.92 Å². The molecule has 0 bridgehead atoms. The van der Waals surface area contributed by atoms with Crippen LogP contribution in [0.4, 0.5) is 11.6 Å². The van der Waals surface area contributed by atoms with Crippen LogP contribution in [0.5, 0.6) is 0 Å². The van der Waals surface area contributed by atoms with Gasteiger partial charge in [-0.1, -0.05) is 13.8 Å². The van der Waals surface area contributed by atoms with Gasteiger partial charge in [0.15, 0.2) is 0 Å². The van der Waals surface area contributed by atoms with Gasteiger partial charge >= 0.3 is 0 Å². The molecule has 0 amide bonds. The van der Waals surface area contributed by atoms with E-state index in [-0.39, 0.29) is 0 Å². The SMILES string of the molecule is CCNc1nc(CC)nc(NCC(C)SC)c1C. The molecule has 2 N–H and O–H groups in total. The van der Waals surface area contributed by atoms with Crippen molar-refractivity contribution in [3.8, 4) is 0 Å². The fourth-order valence-corrected chi connectivity index (χ4v) is 1.81. The number of aryl methyl sites for hydroxylation is 1. The second-order valence-corrected chi connectivity index (χ2v) is 5.55. The molecule has 18 heavy (non-hydrogen) atoms. The standard InChI is InChI=1S/C13H24N4S/c1-6-11-16-12(14-7-2)10(4)13(17-11)15-8-9(3)18-5/h9H,6-8H2,1-5H3,(H2,14,15,16,17). The molecule has 0 aromatic carbocycles. The molecular formula is C13H24N4S. The van der Waals surface area contributed by atoms with Gasteiger partial charge in [0.05, 0.1) is 0 Å². The summed E-state index contributed by atoms with van der Waals surface area (Å²) in [6, 6.07) is 0. The molecule has 1 rings (SSSR count). The van der Waals surface area contributed by atoms with Crippen molar-refractivity contribution < 1.29 is 0 Å². The molecule has 1 heterocycles. The number of hydrogen-bond donors (Lipinski definition) is 2. The lowest BCUT2D eigenvalue weighted by Crippen LogP contribution is -2.16. The Morgan fingerprint density at radius 1 is 1.17 bits per heavy atom. The number of thioether (sulfide) groups is 1. The van der Waals surface area contributed by atoms with Crippen molar-refractivity contribution in [1.82, 2.24) is 9.97 Å². The molecule has 1 aromatic rings. The van der Waals surface area contributed by atoms with Crippen LogP contribution in [-0.4, -0.2) is 34.6 Å². The zero-order chi connectivity index (χ0) is 13.5. The Kier molecular flexibility index (Phi) is 6.25. The summed E-state index contributed by atoms with van der Waals surface area (Å²) in [5.74, 6) is 2.79. The van der Waals surface area contributed by atoms with E-state index in [0.717, 1.165) is 42.5 Å². The summed E-state index contributed by atoms with van der Waals surface area (Å²) in [5, 5.41) is 7.30. The predicted octanol–water partition coefficient (Wildman–Crippen LogP) is 2.94. The van der Waals surface area contributed by atoms with Gasteiger partial charge in [0.2, 0.25) is 0 Å². The highest BCUT2D eigenvalue weighted by atomic mass is 32.2. The van der Waals surface area contributed by atoms with Crippen molar-refractivity contribution in [2.45, 2.75) is 39.4 Å². The van der Waals surface area contributed by atoms with Crippen LogP contribution in [-0.2, 0) is 6.42 Å². The lowest BCUT2D eigenvalue weighted by molar-refractivity contribution is 0.910. The molecule has 0 radical (unpaired) electrons. The van der Waals surface area contributed by atoms with Crippen LogP contribution in [0.15, 0.2) is 0 Å². The maximum atomic E-state index is 4.57. The highest BCUT2D eigenvalue weighted by molar-refractivity contribution is 7.99. The van der Waals surface area contributed by atoms with E-state index in [4.69, 9.17) is 0 Å². The molecule has 1 unspecified atom stereocenters. The Balaban J connectivity index is 2.90. The van der Waals surface area contributed by atoms with Crippen molar-refractivity contribution in [2.75, 3.05) is 30.0 Å². The van der Waals surface area contributed by atoms with Crippen molar-refractivity contribution in [3.63, 3.8) is 0 Å². The number of rotatable bonds is 7. The Bertz CT molecular complexity index is 381. The quantitative estimate of drug-likeness (QED) is 0.796. The highest BCUT2D eigenvalue weighted by Gasteiger charge is 2.10. The molecule has 0 aliphatic carbocycles. The predicted molar refractivity (Wildman–Crippen MR) is 81.8 cm³/mol. The normalized spacial score (nSPS) is 12.3. The van der Waals surface area contributed by atoms with Gasteiger partial charge in [-0.05, 0) is 20.1 Å². The first-order valence-electron chi connectivity index (χ1n) is 6.50. The molecule has 102 valence electrons. The molecule has 1 aromatic heterocycles. The topological polar surface area (TPSA) is 49.8 Å². The fourth-order valence-electron chi connectivity index (χ4n) is 1.56. The third-order valence-electron chi connectivity index (χ3n) is 2.81. The Morgan fingerprint density at radius 3 is 2.28 bits per heavy atom. The average molecular weight is 268 g/mol. The van der Waals surface area contributed by atoms with Gasteiger partial charge in [0.25, 0.3) is 0 Å². The monoisotopic (exact) mass is 268 g/mol. The molecule has 1 atom stereocenters. The number of nitrogens with one attached hydrogen (secondary N) is 2. The molecule has 0 aliphatic rings. The molecule has 0 aliphatic heterocycles. The van der Waals surface area contributed by atoms with Crippen molar-refractivity contribution in [2.24, 2.45) is 0 Å². The summed E-state index contributed by atoms with van der Waals surface area (Å²) in [7, 11) is 0. The molecule has 0 saturated heterocycles. The van der Waals surface area contributed by atoms with E-state index in [9.17, 15) is 0 Å². The van der Waals surface area contributed by atoms with Crippen molar-refractivity contribution in [1.29, 1.82) is 0 Å². The van der Waals surface area contributed by atoms with E-state index in [1.807, 2.05) is 11.8 Å². The zero-order valence-electron chi connectivity index (χ0n) is 12.0. The van der Waals surface area contributed by atoms with E-state index < -0.39 is 0 Å². The molecular weight excluding hydrogens is 244 g/mol. The molecule has 4 nitrogen and oxygen atoms in total. The Labute approximate surface area is 114 Å². The fraction of sp³-hybridized carbons (Fsp3) is 0.692. The molecule has 0 saturated carbocycles. The molecule has 0 spiro atoms. The second-order valence-electron chi connectivity index (χ2n) is 4.27. The lowest BCUT2D eigenvalue weighted by atomic mass is 10.2. The maximum Gasteiger partial charge on any atom is 0.134 e. The summed E-state index contributed by atoms with van der Waals surface area (Å²) in [6.45, 7) is 10.2. The van der Waals surface area contributed by atoms with E-state index in [2.05, 4.69) is 54.6 Å². The first-order valence-corrected chi connectivity index (χ1v) is 7.79. The zero-order valence-corrected chi connectivity index (χ0v) is 12.8. The van der Waals surface area contributed by atoms with E-state index in [1.165, 1.54) is 0 Å². The number of anilines is 2. The van der Waals surface area contributed by atoms with Gasteiger partial charge in [-0.3, -0.25) is 0 Å². The van der Waals surface area contributed by atoms with Crippen LogP contribution in [0.25, 0.3) is 0 Å². The van der Waals surface area contributed by atoms with Crippen molar-refractivity contribution >= 4 is 23.4 Å². The summed E-state index contributed by atoms with van der Waals surface area (Å²) in [4.78, 5) is 9.09. The van der Waals surface area contributed by atoms with Crippen LogP contribution >= 0.6 is 11.8 Å². The smallest absolute Gasteiger partial charge is 0.134 e. The summed E-state index contributed by atoms with van der Waals surface area (Å²) >= 11 is 1.85. The molecule has 5 heteroatoms. The summed E-state index contributed by atoms with van der Waals surface area (Å²) in [6.07, 6.45) is 2.98. The van der Waals surface area contributed by atoms with Gasteiger partial charge in [-0.2, -0.15) is 11.8 Å². The molecule has 0 fully saturated rings. The van der Waals surface area contributed by atoms with E-state index in [1.54, 1.807) is 0 Å². The minimum Gasteiger partial charge on any atom is -0.370 e. The van der Waals surface area contributed by atoms with E-state index >= 15 is 0 Å². The van der Waals surface area contributed by atoms with Gasteiger partial charge in [-0.25, -0.2) is 9.97 Å². The van der Waals surface area contributed by atoms with Crippen molar-refractivity contribution in [3.05, 3.63) is 11.4 Å². The Hall–Kier alpha value is -0.970. The van der Waals surface area contributed by atoms with Gasteiger partial charge in [0, 0.05) is 30.3 Å². The average Bonchev–Trinajstić information content (AvgIpc) is 2.39. The minimum atomic E-state index is 0.576. The first-order chi connectivity index (χ1) is 8.62. The third kappa shape index (κ3) is 4.05. The van der Waals surface area contributed by atoms with Gasteiger partial charge < -0.3 is 10.6 Å². The first kappa shape index (κ1) is 15.1. The summed E-state index contributed by atoms with van der Waals surface area (Å²) < 4.78 is 0. The number of nitrogens with zero attached hydrogens (tertiary/aromatic N) is 2. The van der Waals surface area contributed by atoms with E-state index in [0.29, 0.717) is 5.25 Å². The van der Waals surface area contributed by atoms with Gasteiger partial charge in [0.1, 0.15) is 17.5 Å². The number of aromatic nitrogens is 2. The Morgan fingerprint density at radius 2 is 1.78 bits per heavy atom. The third-order valence-corrected chi connectivity index (χ3v) is 3.78. The van der Waals surface area contributed by atoms with Crippen LogP contribution in [0.1, 0.15) is 32.2 Å². The highest BCUT2D eigenvalue weighted by Crippen LogP contribution is 2.20. The van der Waals surface area contributed by atoms with Gasteiger partial charge in [-0.15, -0.1) is 0 Å². The van der Waals surface area contributed by atoms with Crippen LogP contribution in [0.3, 0.4) is 0 Å². The maximum absolute atomic E-state index is 4.57. The minimum absolute atomic E-state index is 0.576. The number of hydrogen-bond acceptors (Lipinski definition) is 5. The lowest BCUT2D eigenvalue weighted by Gasteiger charge is -2.16. The van der Waals surface area contributed by atoms with Crippen LogP contribution in [0.2, 0.25) is 0 Å². The largest absolute Gasteiger partial charge is 0.370 e. The second kappa shape index (κ2) is 7.46. The van der Waals surface area contributed by atoms with Crippen LogP contribution < -0.4 is 10.6 Å².